The molecule has 0 spiro atoms. The Bertz CT molecular complexity index is 1010. The van der Waals surface area contributed by atoms with Gasteiger partial charge in [0.15, 0.2) is 5.01 Å². The Labute approximate surface area is 154 Å². The molecule has 1 aromatic carbocycles. The molecule has 1 amide bonds. The number of aliphatic hydroxyl groups is 1. The van der Waals surface area contributed by atoms with E-state index in [-0.39, 0.29) is 17.9 Å². The average Bonchev–Trinajstić information content (AvgIpc) is 3.36. The lowest BCUT2D eigenvalue weighted by Gasteiger charge is -2.33. The van der Waals surface area contributed by atoms with Crippen molar-refractivity contribution in [3.05, 3.63) is 57.9 Å². The molecule has 5 rings (SSSR count). The van der Waals surface area contributed by atoms with Crippen molar-refractivity contribution in [2.24, 2.45) is 5.92 Å². The molecule has 0 saturated heterocycles. The van der Waals surface area contributed by atoms with Gasteiger partial charge in [-0.2, -0.15) is 0 Å². The molecule has 6 nitrogen and oxygen atoms in total. The van der Waals surface area contributed by atoms with Crippen LogP contribution in [0, 0.1) is 5.92 Å². The van der Waals surface area contributed by atoms with Gasteiger partial charge in [-0.1, -0.05) is 24.3 Å². The van der Waals surface area contributed by atoms with E-state index in [1.54, 1.807) is 7.05 Å². The molecule has 3 heterocycles. The molecule has 1 aliphatic carbocycles. The smallest absolute Gasteiger partial charge is 0.280 e. The van der Waals surface area contributed by atoms with Gasteiger partial charge in [0.1, 0.15) is 6.10 Å². The van der Waals surface area contributed by atoms with Crippen LogP contribution in [0.25, 0.3) is 11.3 Å². The van der Waals surface area contributed by atoms with Crippen molar-refractivity contribution >= 4 is 17.2 Å². The highest BCUT2D eigenvalue weighted by molar-refractivity contribution is 7.13. The summed E-state index contributed by atoms with van der Waals surface area (Å²) in [5, 5.41) is 14.1. The Kier molecular flexibility index (Phi) is 3.48. The summed E-state index contributed by atoms with van der Waals surface area (Å²) >= 11 is 1.39. The third-order valence-electron chi connectivity index (χ3n) is 5.47. The highest BCUT2D eigenvalue weighted by atomic mass is 32.1. The molecule has 132 valence electrons. The van der Waals surface area contributed by atoms with E-state index in [0.29, 0.717) is 10.7 Å². The number of nitrogens with zero attached hydrogens (tertiary/aromatic N) is 3. The van der Waals surface area contributed by atoms with E-state index in [1.807, 2.05) is 24.7 Å². The lowest BCUT2D eigenvalue weighted by molar-refractivity contribution is 0.0690. The van der Waals surface area contributed by atoms with E-state index < -0.39 is 6.10 Å². The third-order valence-corrected chi connectivity index (χ3v) is 6.60. The SMILES string of the molecule is CNC(=O)c1nc2c(s1)CC[C@H]([C@@H]1c3ccccc3-c3cncn31)[C@@H]2O. The second-order valence-corrected chi connectivity index (χ2v) is 7.86. The number of hydrogen-bond acceptors (Lipinski definition) is 5. The summed E-state index contributed by atoms with van der Waals surface area (Å²) < 4.78 is 2.16. The molecule has 3 aromatic rings. The molecule has 0 unspecified atom stereocenters. The normalized spacial score (nSPS) is 23.2. The molecule has 2 aromatic heterocycles. The zero-order chi connectivity index (χ0) is 17.8. The number of aromatic nitrogens is 3. The molecule has 0 saturated carbocycles. The van der Waals surface area contributed by atoms with Crippen molar-refractivity contribution in [3.8, 4) is 11.3 Å². The zero-order valence-corrected chi connectivity index (χ0v) is 15.0. The number of carbonyl (C=O) groups is 1. The molecule has 0 fully saturated rings. The highest BCUT2D eigenvalue weighted by Crippen LogP contribution is 2.50. The minimum atomic E-state index is -0.695. The van der Waals surface area contributed by atoms with Crippen molar-refractivity contribution in [1.82, 2.24) is 19.9 Å². The molecule has 2 aliphatic rings. The van der Waals surface area contributed by atoms with Gasteiger partial charge in [-0.05, 0) is 18.4 Å². The number of aryl methyl sites for hydroxylation is 1. The maximum atomic E-state index is 11.9. The van der Waals surface area contributed by atoms with Crippen LogP contribution >= 0.6 is 11.3 Å². The number of nitrogens with one attached hydrogen (secondary N) is 1. The van der Waals surface area contributed by atoms with Crippen LogP contribution in [-0.4, -0.2) is 32.6 Å². The Balaban J connectivity index is 1.56. The molecule has 0 bridgehead atoms. The van der Waals surface area contributed by atoms with Crippen LogP contribution in [0.5, 0.6) is 0 Å². The summed E-state index contributed by atoms with van der Waals surface area (Å²) in [4.78, 5) is 21.7. The van der Waals surface area contributed by atoms with E-state index in [9.17, 15) is 9.90 Å². The summed E-state index contributed by atoms with van der Waals surface area (Å²) in [7, 11) is 1.60. The first-order valence-corrected chi connectivity index (χ1v) is 9.51. The number of hydrogen-bond donors (Lipinski definition) is 2. The maximum Gasteiger partial charge on any atom is 0.280 e. The molecule has 1 aliphatic heterocycles. The van der Waals surface area contributed by atoms with E-state index in [1.165, 1.54) is 22.5 Å². The highest BCUT2D eigenvalue weighted by Gasteiger charge is 2.42. The Morgan fingerprint density at radius 3 is 3.08 bits per heavy atom. The number of fused-ring (bicyclic) bond motifs is 4. The van der Waals surface area contributed by atoms with Gasteiger partial charge in [-0.15, -0.1) is 11.3 Å². The predicted octanol–water partition coefficient (Wildman–Crippen LogP) is 2.57. The summed E-state index contributed by atoms with van der Waals surface area (Å²) in [6.07, 6.45) is 4.71. The van der Waals surface area contributed by atoms with Gasteiger partial charge in [0.25, 0.3) is 5.91 Å². The van der Waals surface area contributed by atoms with Crippen LogP contribution < -0.4 is 5.32 Å². The molecule has 7 heteroatoms. The molecule has 3 atom stereocenters. The van der Waals surface area contributed by atoms with Crippen LogP contribution in [0.3, 0.4) is 0 Å². The first-order chi connectivity index (χ1) is 12.7. The van der Waals surface area contributed by atoms with Gasteiger partial charge in [-0.25, -0.2) is 9.97 Å². The van der Waals surface area contributed by atoms with Crippen LogP contribution in [0.4, 0.5) is 0 Å². The van der Waals surface area contributed by atoms with Crippen molar-refractivity contribution in [2.45, 2.75) is 25.0 Å². The minimum absolute atomic E-state index is 0.00117. The lowest BCUT2D eigenvalue weighted by Crippen LogP contribution is -2.28. The Morgan fingerprint density at radius 1 is 1.38 bits per heavy atom. The van der Waals surface area contributed by atoms with E-state index >= 15 is 0 Å². The lowest BCUT2D eigenvalue weighted by atomic mass is 9.80. The second-order valence-electron chi connectivity index (χ2n) is 6.77. The largest absolute Gasteiger partial charge is 0.386 e. The van der Waals surface area contributed by atoms with Crippen molar-refractivity contribution in [3.63, 3.8) is 0 Å². The number of rotatable bonds is 2. The summed E-state index contributed by atoms with van der Waals surface area (Å²) in [5.41, 5.74) is 4.15. The fourth-order valence-electron chi connectivity index (χ4n) is 4.28. The molecule has 0 radical (unpaired) electrons. The topological polar surface area (TPSA) is 80.0 Å². The van der Waals surface area contributed by atoms with Gasteiger partial charge in [0.05, 0.1) is 30.0 Å². The minimum Gasteiger partial charge on any atom is -0.386 e. The molecule has 26 heavy (non-hydrogen) atoms. The van der Waals surface area contributed by atoms with Crippen molar-refractivity contribution < 1.29 is 9.90 Å². The number of amides is 1. The Hall–Kier alpha value is -2.51. The van der Waals surface area contributed by atoms with Gasteiger partial charge in [-0.3, -0.25) is 4.79 Å². The van der Waals surface area contributed by atoms with Gasteiger partial charge < -0.3 is 15.0 Å². The van der Waals surface area contributed by atoms with Crippen molar-refractivity contribution in [2.75, 3.05) is 7.05 Å². The quantitative estimate of drug-likeness (QED) is 0.730. The number of imidazole rings is 1. The van der Waals surface area contributed by atoms with E-state index in [2.05, 4.69) is 32.0 Å². The summed E-state index contributed by atoms with van der Waals surface area (Å²) in [6, 6.07) is 8.35. The first-order valence-electron chi connectivity index (χ1n) is 8.70. The molecular weight excluding hydrogens is 348 g/mol. The van der Waals surface area contributed by atoms with Crippen LogP contribution in [0.15, 0.2) is 36.8 Å². The monoisotopic (exact) mass is 366 g/mol. The summed E-state index contributed by atoms with van der Waals surface area (Å²) in [5.74, 6) is -0.199. The number of aliphatic hydroxyl groups excluding tert-OH is 1. The zero-order valence-electron chi connectivity index (χ0n) is 14.2. The second kappa shape index (κ2) is 5.75. The predicted molar refractivity (Wildman–Crippen MR) is 98.1 cm³/mol. The Morgan fingerprint density at radius 2 is 2.23 bits per heavy atom. The van der Waals surface area contributed by atoms with E-state index in [0.717, 1.165) is 23.4 Å². The molecule has 2 N–H and O–H groups in total. The summed E-state index contributed by atoms with van der Waals surface area (Å²) in [6.45, 7) is 0. The van der Waals surface area contributed by atoms with Crippen LogP contribution in [-0.2, 0) is 6.42 Å². The number of benzene rings is 1. The van der Waals surface area contributed by atoms with Gasteiger partial charge in [0.2, 0.25) is 0 Å². The average molecular weight is 366 g/mol. The number of thiazole rings is 1. The molecular formula is C19H18N4O2S. The van der Waals surface area contributed by atoms with Crippen LogP contribution in [0.1, 0.15) is 44.5 Å². The maximum absolute atomic E-state index is 11.9. The van der Waals surface area contributed by atoms with Gasteiger partial charge in [0, 0.05) is 23.4 Å². The van der Waals surface area contributed by atoms with Gasteiger partial charge >= 0.3 is 0 Å². The fourth-order valence-corrected chi connectivity index (χ4v) is 5.34. The standard InChI is InChI=1S/C19H18N4O2S/c1-20-18(25)19-22-15-14(26-19)7-6-12(17(15)24)16-11-5-3-2-4-10(11)13-8-21-9-23(13)16/h2-5,8-9,12,16-17,24H,6-7H2,1H3,(H,20,25)/t12-,16+,17+/m1/s1. The van der Waals surface area contributed by atoms with E-state index in [4.69, 9.17) is 0 Å². The third kappa shape index (κ3) is 2.10. The number of carbonyl (C=O) groups excluding carboxylic acids is 1. The fraction of sp³-hybridized carbons (Fsp3) is 0.316. The van der Waals surface area contributed by atoms with Crippen LogP contribution in [0.2, 0.25) is 0 Å². The first kappa shape index (κ1) is 15.7. The van der Waals surface area contributed by atoms with Crippen molar-refractivity contribution in [1.29, 1.82) is 0 Å².